The standard InChI is InChI=1S/C15H19F2N3O3/c16-11-5-4-10(9-12(11)17)23-8-7-19-15(22)20-13-3-1-2-6-18-14(13)21/h4-5,9,13H,1-3,6-8H2,(H,18,21)(H2,19,20,22)/t13-/m1/s1. The van der Waals surface area contributed by atoms with Crippen molar-refractivity contribution in [3.63, 3.8) is 0 Å². The molecule has 1 aliphatic rings. The SMILES string of the molecule is O=C(NCCOc1ccc(F)c(F)c1)N[C@@H]1CCCCNC1=O. The van der Waals surface area contributed by atoms with Crippen molar-refractivity contribution in [1.82, 2.24) is 16.0 Å². The molecule has 1 fully saturated rings. The molecular formula is C15H19F2N3O3. The zero-order valence-electron chi connectivity index (χ0n) is 12.5. The predicted molar refractivity (Wildman–Crippen MR) is 79.0 cm³/mol. The number of hydrogen-bond donors (Lipinski definition) is 3. The van der Waals surface area contributed by atoms with E-state index in [4.69, 9.17) is 4.74 Å². The molecule has 1 aromatic rings. The molecule has 1 atom stereocenters. The second-order valence-corrected chi connectivity index (χ2v) is 5.16. The van der Waals surface area contributed by atoms with Crippen LogP contribution in [-0.4, -0.2) is 37.7 Å². The number of benzene rings is 1. The fourth-order valence-electron chi connectivity index (χ4n) is 2.19. The summed E-state index contributed by atoms with van der Waals surface area (Å²) in [6.45, 7) is 0.884. The number of nitrogens with one attached hydrogen (secondary N) is 3. The molecule has 3 amide bonds. The van der Waals surface area contributed by atoms with Gasteiger partial charge in [-0.2, -0.15) is 0 Å². The molecule has 6 nitrogen and oxygen atoms in total. The molecule has 23 heavy (non-hydrogen) atoms. The zero-order chi connectivity index (χ0) is 16.7. The summed E-state index contributed by atoms with van der Waals surface area (Å²) in [5, 5.41) is 7.87. The van der Waals surface area contributed by atoms with E-state index in [2.05, 4.69) is 16.0 Å². The lowest BCUT2D eigenvalue weighted by Crippen LogP contribution is -2.49. The maximum atomic E-state index is 13.0. The number of urea groups is 1. The van der Waals surface area contributed by atoms with Crippen molar-refractivity contribution in [1.29, 1.82) is 0 Å². The topological polar surface area (TPSA) is 79.5 Å². The Hall–Kier alpha value is -2.38. The highest BCUT2D eigenvalue weighted by Crippen LogP contribution is 2.14. The van der Waals surface area contributed by atoms with Crippen LogP contribution in [0.25, 0.3) is 0 Å². The van der Waals surface area contributed by atoms with Gasteiger partial charge in [0.15, 0.2) is 11.6 Å². The predicted octanol–water partition coefficient (Wildman–Crippen LogP) is 1.31. The van der Waals surface area contributed by atoms with Crippen molar-refractivity contribution in [2.45, 2.75) is 25.3 Å². The molecule has 0 aromatic heterocycles. The fraction of sp³-hybridized carbons (Fsp3) is 0.467. The lowest BCUT2D eigenvalue weighted by atomic mass is 10.1. The van der Waals surface area contributed by atoms with E-state index in [-0.39, 0.29) is 24.8 Å². The van der Waals surface area contributed by atoms with Gasteiger partial charge in [-0.3, -0.25) is 4.79 Å². The molecule has 0 bridgehead atoms. The lowest BCUT2D eigenvalue weighted by molar-refractivity contribution is -0.122. The molecule has 0 spiro atoms. The molecule has 3 N–H and O–H groups in total. The zero-order valence-corrected chi connectivity index (χ0v) is 12.5. The summed E-state index contributed by atoms with van der Waals surface area (Å²) in [7, 11) is 0. The van der Waals surface area contributed by atoms with Crippen molar-refractivity contribution in [2.75, 3.05) is 19.7 Å². The minimum absolute atomic E-state index is 0.0926. The monoisotopic (exact) mass is 327 g/mol. The summed E-state index contributed by atoms with van der Waals surface area (Å²) in [5.41, 5.74) is 0. The van der Waals surface area contributed by atoms with Gasteiger partial charge in [0.2, 0.25) is 5.91 Å². The van der Waals surface area contributed by atoms with Crippen LogP contribution in [-0.2, 0) is 4.79 Å². The first kappa shape index (κ1) is 17.0. The lowest BCUT2D eigenvalue weighted by Gasteiger charge is -2.15. The quantitative estimate of drug-likeness (QED) is 0.714. The van der Waals surface area contributed by atoms with Gasteiger partial charge < -0.3 is 20.7 Å². The Labute approximate surface area is 132 Å². The van der Waals surface area contributed by atoms with Gasteiger partial charge in [0, 0.05) is 12.6 Å². The first-order valence-electron chi connectivity index (χ1n) is 7.46. The van der Waals surface area contributed by atoms with Crippen LogP contribution in [0.5, 0.6) is 5.75 Å². The van der Waals surface area contributed by atoms with E-state index in [1.807, 2.05) is 0 Å². The first-order valence-corrected chi connectivity index (χ1v) is 7.46. The van der Waals surface area contributed by atoms with Crippen LogP contribution in [0.4, 0.5) is 13.6 Å². The molecule has 0 saturated carbocycles. The second kappa shape index (κ2) is 8.30. The molecule has 8 heteroatoms. The van der Waals surface area contributed by atoms with E-state index in [0.717, 1.165) is 25.0 Å². The third-order valence-electron chi connectivity index (χ3n) is 3.39. The smallest absolute Gasteiger partial charge is 0.315 e. The van der Waals surface area contributed by atoms with Gasteiger partial charge in [-0.15, -0.1) is 0 Å². The molecule has 0 radical (unpaired) electrons. The van der Waals surface area contributed by atoms with Gasteiger partial charge in [0.1, 0.15) is 18.4 Å². The minimum Gasteiger partial charge on any atom is -0.492 e. The van der Waals surface area contributed by atoms with E-state index < -0.39 is 23.7 Å². The Morgan fingerprint density at radius 3 is 2.91 bits per heavy atom. The average molecular weight is 327 g/mol. The highest BCUT2D eigenvalue weighted by molar-refractivity contribution is 5.87. The fourth-order valence-corrected chi connectivity index (χ4v) is 2.19. The van der Waals surface area contributed by atoms with Crippen LogP contribution in [0, 0.1) is 11.6 Å². The highest BCUT2D eigenvalue weighted by Gasteiger charge is 2.21. The van der Waals surface area contributed by atoms with E-state index in [1.54, 1.807) is 0 Å². The number of halogens is 2. The van der Waals surface area contributed by atoms with Crippen molar-refractivity contribution in [3.8, 4) is 5.75 Å². The number of carbonyl (C=O) groups excluding carboxylic acids is 2. The summed E-state index contributed by atoms with van der Waals surface area (Å²) in [6.07, 6.45) is 2.36. The maximum absolute atomic E-state index is 13.0. The Balaban J connectivity index is 1.68. The Morgan fingerprint density at radius 2 is 2.13 bits per heavy atom. The van der Waals surface area contributed by atoms with Gasteiger partial charge in [-0.25, -0.2) is 13.6 Å². The molecule has 1 heterocycles. The molecular weight excluding hydrogens is 308 g/mol. The van der Waals surface area contributed by atoms with Gasteiger partial charge in [0.25, 0.3) is 0 Å². The second-order valence-electron chi connectivity index (χ2n) is 5.16. The number of ether oxygens (including phenoxy) is 1. The first-order chi connectivity index (χ1) is 11.1. The van der Waals surface area contributed by atoms with Crippen molar-refractivity contribution >= 4 is 11.9 Å². The average Bonchev–Trinajstić information content (AvgIpc) is 2.72. The van der Waals surface area contributed by atoms with Crippen molar-refractivity contribution < 1.29 is 23.1 Å². The van der Waals surface area contributed by atoms with Gasteiger partial charge in [-0.05, 0) is 31.4 Å². The molecule has 1 aromatic carbocycles. The van der Waals surface area contributed by atoms with E-state index in [9.17, 15) is 18.4 Å². The Kier molecular flexibility index (Phi) is 6.13. The summed E-state index contributed by atoms with van der Waals surface area (Å²) in [6, 6.07) is 2.19. The van der Waals surface area contributed by atoms with Gasteiger partial charge in [0.05, 0.1) is 6.54 Å². The summed E-state index contributed by atoms with van der Waals surface area (Å²) >= 11 is 0. The van der Waals surface area contributed by atoms with E-state index in [0.29, 0.717) is 13.0 Å². The highest BCUT2D eigenvalue weighted by atomic mass is 19.2. The maximum Gasteiger partial charge on any atom is 0.315 e. The van der Waals surface area contributed by atoms with Gasteiger partial charge >= 0.3 is 6.03 Å². The Morgan fingerprint density at radius 1 is 1.30 bits per heavy atom. The summed E-state index contributed by atoms with van der Waals surface area (Å²) in [5.74, 6) is -1.95. The van der Waals surface area contributed by atoms with E-state index >= 15 is 0 Å². The van der Waals surface area contributed by atoms with Crippen molar-refractivity contribution in [3.05, 3.63) is 29.8 Å². The summed E-state index contributed by atoms with van der Waals surface area (Å²) < 4.78 is 30.9. The normalized spacial score (nSPS) is 17.8. The molecule has 0 aliphatic carbocycles. The van der Waals surface area contributed by atoms with E-state index in [1.165, 1.54) is 6.07 Å². The number of hydrogen-bond acceptors (Lipinski definition) is 3. The number of carbonyl (C=O) groups is 2. The van der Waals surface area contributed by atoms with Crippen LogP contribution < -0.4 is 20.7 Å². The molecule has 1 aliphatic heterocycles. The van der Waals surface area contributed by atoms with Crippen LogP contribution in [0.3, 0.4) is 0 Å². The van der Waals surface area contributed by atoms with Crippen LogP contribution in [0.2, 0.25) is 0 Å². The largest absolute Gasteiger partial charge is 0.492 e. The minimum atomic E-state index is -0.993. The van der Waals surface area contributed by atoms with Crippen LogP contribution >= 0.6 is 0 Å². The van der Waals surface area contributed by atoms with Gasteiger partial charge in [-0.1, -0.05) is 0 Å². The number of amides is 3. The molecule has 0 unspecified atom stereocenters. The molecule has 2 rings (SSSR count). The van der Waals surface area contributed by atoms with Crippen LogP contribution in [0.1, 0.15) is 19.3 Å². The summed E-state index contributed by atoms with van der Waals surface area (Å²) in [4.78, 5) is 23.4. The third kappa shape index (κ3) is 5.39. The molecule has 126 valence electrons. The third-order valence-corrected chi connectivity index (χ3v) is 3.39. The van der Waals surface area contributed by atoms with Crippen LogP contribution in [0.15, 0.2) is 18.2 Å². The van der Waals surface area contributed by atoms with Crippen molar-refractivity contribution in [2.24, 2.45) is 0 Å². The molecule has 1 saturated heterocycles. The number of rotatable bonds is 5. The Bertz CT molecular complexity index is 569.